The third-order valence-electron chi connectivity index (χ3n) is 4.49. The lowest BCUT2D eigenvalue weighted by molar-refractivity contribution is 0.564. The van der Waals surface area contributed by atoms with Crippen LogP contribution < -0.4 is 16.7 Å². The van der Waals surface area contributed by atoms with Gasteiger partial charge in [-0.3, -0.25) is 19.4 Å². The van der Waals surface area contributed by atoms with E-state index in [1.165, 1.54) is 36.6 Å². The van der Waals surface area contributed by atoms with Crippen molar-refractivity contribution < 1.29 is 4.39 Å². The number of aromatic nitrogens is 2. The first-order valence-corrected chi connectivity index (χ1v) is 9.17. The Morgan fingerprint density at radius 3 is 2.92 bits per heavy atom. The molecule has 134 valence electrons. The van der Waals surface area contributed by atoms with E-state index < -0.39 is 0 Å². The largest absolute Gasteiger partial charge is 0.332 e. The minimum Gasteiger partial charge on any atom is -0.278 e. The first-order chi connectivity index (χ1) is 12.5. The van der Waals surface area contributed by atoms with Crippen molar-refractivity contribution >= 4 is 33.5 Å². The maximum absolute atomic E-state index is 13.5. The molecule has 2 aromatic heterocycles. The summed E-state index contributed by atoms with van der Waals surface area (Å²) in [6, 6.07) is 5.99. The highest BCUT2D eigenvalue weighted by Crippen LogP contribution is 2.31. The van der Waals surface area contributed by atoms with Crippen molar-refractivity contribution in [2.75, 3.05) is 5.43 Å². The SMILES string of the molecule is Cn1c(=O)cc(N/N=C/c2csc3ccc(F)cc23)n(CC2CC2)c1=O. The lowest BCUT2D eigenvalue weighted by Gasteiger charge is -2.12. The Balaban J connectivity index is 1.64. The van der Waals surface area contributed by atoms with E-state index in [4.69, 9.17) is 0 Å². The normalized spacial score (nSPS) is 14.4. The highest BCUT2D eigenvalue weighted by atomic mass is 32.1. The standard InChI is InChI=1S/C18H17FN4O2S/c1-22-17(24)7-16(23(18(22)25)9-11-2-3-11)21-20-8-12-10-26-15-5-4-13(19)6-14(12)15/h4-8,10-11,21H,2-3,9H2,1H3/b20-8+. The predicted octanol–water partition coefficient (Wildman–Crippen LogP) is 2.76. The summed E-state index contributed by atoms with van der Waals surface area (Å²) in [6.07, 6.45) is 3.75. The van der Waals surface area contributed by atoms with Crippen LogP contribution in [0.2, 0.25) is 0 Å². The Hall–Kier alpha value is -2.74. The minimum absolute atomic E-state index is 0.302. The third kappa shape index (κ3) is 3.20. The van der Waals surface area contributed by atoms with Gasteiger partial charge in [-0.15, -0.1) is 11.3 Å². The van der Waals surface area contributed by atoms with Crippen LogP contribution in [-0.2, 0) is 13.6 Å². The fourth-order valence-corrected chi connectivity index (χ4v) is 3.68. The number of thiophene rings is 1. The molecule has 26 heavy (non-hydrogen) atoms. The van der Waals surface area contributed by atoms with Crippen LogP contribution in [-0.4, -0.2) is 15.3 Å². The van der Waals surface area contributed by atoms with Crippen LogP contribution in [0.3, 0.4) is 0 Å². The number of hydrogen-bond acceptors (Lipinski definition) is 5. The van der Waals surface area contributed by atoms with Gasteiger partial charge in [0.25, 0.3) is 5.56 Å². The van der Waals surface area contributed by atoms with Crippen LogP contribution in [0.5, 0.6) is 0 Å². The molecule has 2 heterocycles. The van der Waals surface area contributed by atoms with Gasteiger partial charge in [-0.2, -0.15) is 5.10 Å². The van der Waals surface area contributed by atoms with Crippen molar-refractivity contribution in [2.24, 2.45) is 18.1 Å². The van der Waals surface area contributed by atoms with Crippen LogP contribution in [0.25, 0.3) is 10.1 Å². The Morgan fingerprint density at radius 1 is 1.35 bits per heavy atom. The van der Waals surface area contributed by atoms with Crippen molar-refractivity contribution in [3.63, 3.8) is 0 Å². The molecule has 1 aliphatic rings. The highest BCUT2D eigenvalue weighted by Gasteiger charge is 2.24. The van der Waals surface area contributed by atoms with Gasteiger partial charge < -0.3 is 0 Å². The number of benzene rings is 1. The predicted molar refractivity (Wildman–Crippen MR) is 102 cm³/mol. The van der Waals surface area contributed by atoms with Gasteiger partial charge in [0.1, 0.15) is 11.6 Å². The first kappa shape index (κ1) is 16.7. The molecule has 0 bridgehead atoms. The second kappa shape index (κ2) is 6.53. The average molecular weight is 372 g/mol. The molecule has 1 fully saturated rings. The van der Waals surface area contributed by atoms with Crippen LogP contribution in [0.4, 0.5) is 10.2 Å². The Morgan fingerprint density at radius 2 is 2.15 bits per heavy atom. The molecule has 1 saturated carbocycles. The molecular formula is C18H17FN4O2S. The molecule has 0 saturated heterocycles. The molecule has 0 spiro atoms. The zero-order valence-electron chi connectivity index (χ0n) is 14.1. The molecule has 0 amide bonds. The summed E-state index contributed by atoms with van der Waals surface area (Å²) in [7, 11) is 1.47. The monoisotopic (exact) mass is 372 g/mol. The molecule has 0 unspecified atom stereocenters. The molecule has 1 aromatic carbocycles. The van der Waals surface area contributed by atoms with Gasteiger partial charge >= 0.3 is 5.69 Å². The molecule has 1 aliphatic carbocycles. The van der Waals surface area contributed by atoms with Crippen LogP contribution in [0, 0.1) is 11.7 Å². The van der Waals surface area contributed by atoms with Gasteiger partial charge in [-0.05, 0) is 37.0 Å². The second-order valence-electron chi connectivity index (χ2n) is 6.46. The van der Waals surface area contributed by atoms with Crippen molar-refractivity contribution in [3.05, 3.63) is 61.9 Å². The highest BCUT2D eigenvalue weighted by molar-refractivity contribution is 7.17. The van der Waals surface area contributed by atoms with E-state index in [-0.39, 0.29) is 17.1 Å². The quantitative estimate of drug-likeness (QED) is 0.553. The summed E-state index contributed by atoms with van der Waals surface area (Å²) in [6.45, 7) is 0.567. The van der Waals surface area contributed by atoms with Crippen molar-refractivity contribution in [1.29, 1.82) is 0 Å². The summed E-state index contributed by atoms with van der Waals surface area (Å²) < 4.78 is 17.1. The Labute approximate surface area is 152 Å². The zero-order valence-corrected chi connectivity index (χ0v) is 14.9. The number of nitrogens with zero attached hydrogens (tertiary/aromatic N) is 3. The Kier molecular flexibility index (Phi) is 4.20. The van der Waals surface area contributed by atoms with Crippen LogP contribution >= 0.6 is 11.3 Å². The van der Waals surface area contributed by atoms with Gasteiger partial charge in [0.15, 0.2) is 0 Å². The zero-order chi connectivity index (χ0) is 18.3. The number of rotatable bonds is 5. The molecule has 1 N–H and O–H groups in total. The number of fused-ring (bicyclic) bond motifs is 1. The molecule has 0 radical (unpaired) electrons. The summed E-state index contributed by atoms with van der Waals surface area (Å²) in [5.74, 6) is 0.536. The lowest BCUT2D eigenvalue weighted by Crippen LogP contribution is -2.38. The fourth-order valence-electron chi connectivity index (χ4n) is 2.79. The smallest absolute Gasteiger partial charge is 0.278 e. The fraction of sp³-hybridized carbons (Fsp3) is 0.278. The lowest BCUT2D eigenvalue weighted by atomic mass is 10.2. The van der Waals surface area contributed by atoms with E-state index in [0.29, 0.717) is 18.3 Å². The number of halogens is 1. The maximum atomic E-state index is 13.5. The van der Waals surface area contributed by atoms with E-state index in [1.807, 2.05) is 5.38 Å². The van der Waals surface area contributed by atoms with Gasteiger partial charge in [-0.25, -0.2) is 9.18 Å². The van der Waals surface area contributed by atoms with Crippen LogP contribution in [0.15, 0.2) is 44.3 Å². The summed E-state index contributed by atoms with van der Waals surface area (Å²) in [5, 5.41) is 6.83. The molecule has 0 atom stereocenters. The second-order valence-corrected chi connectivity index (χ2v) is 7.38. The minimum atomic E-state index is -0.386. The molecule has 4 rings (SSSR count). The van der Waals surface area contributed by atoms with Gasteiger partial charge in [0, 0.05) is 40.7 Å². The van der Waals surface area contributed by atoms with E-state index in [0.717, 1.165) is 33.1 Å². The maximum Gasteiger partial charge on any atom is 0.332 e. The molecule has 0 aliphatic heterocycles. The number of hydrazone groups is 1. The van der Waals surface area contributed by atoms with Gasteiger partial charge in [0.2, 0.25) is 0 Å². The number of anilines is 1. The summed E-state index contributed by atoms with van der Waals surface area (Å²) in [4.78, 5) is 24.3. The van der Waals surface area contributed by atoms with Crippen LogP contribution in [0.1, 0.15) is 18.4 Å². The first-order valence-electron chi connectivity index (χ1n) is 8.29. The molecule has 3 aromatic rings. The van der Waals surface area contributed by atoms with E-state index >= 15 is 0 Å². The summed E-state index contributed by atoms with van der Waals surface area (Å²) in [5.41, 5.74) is 2.84. The number of hydrogen-bond donors (Lipinski definition) is 1. The molecule has 8 heteroatoms. The number of nitrogens with one attached hydrogen (secondary N) is 1. The third-order valence-corrected chi connectivity index (χ3v) is 5.47. The van der Waals surface area contributed by atoms with E-state index in [9.17, 15) is 14.0 Å². The summed E-state index contributed by atoms with van der Waals surface area (Å²) >= 11 is 1.50. The van der Waals surface area contributed by atoms with E-state index in [2.05, 4.69) is 10.5 Å². The Bertz CT molecular complexity index is 1120. The van der Waals surface area contributed by atoms with Crippen molar-refractivity contribution in [2.45, 2.75) is 19.4 Å². The topological polar surface area (TPSA) is 68.4 Å². The molecular weight excluding hydrogens is 355 g/mol. The molecule has 6 nitrogen and oxygen atoms in total. The van der Waals surface area contributed by atoms with Gasteiger partial charge in [-0.1, -0.05) is 0 Å². The average Bonchev–Trinajstić information content (AvgIpc) is 3.36. The van der Waals surface area contributed by atoms with Crippen molar-refractivity contribution in [3.8, 4) is 0 Å². The van der Waals surface area contributed by atoms with E-state index in [1.54, 1.807) is 16.8 Å². The van der Waals surface area contributed by atoms with Gasteiger partial charge in [0.05, 0.1) is 6.21 Å². The van der Waals surface area contributed by atoms with Crippen molar-refractivity contribution in [1.82, 2.24) is 9.13 Å².